The summed E-state index contributed by atoms with van der Waals surface area (Å²) in [5, 5.41) is 0. The summed E-state index contributed by atoms with van der Waals surface area (Å²) < 4.78 is 0. The van der Waals surface area contributed by atoms with E-state index in [0.717, 1.165) is 0 Å². The molecule has 56 heavy (non-hydrogen) atoms. The minimum absolute atomic E-state index is 0. The molecule has 0 saturated carbocycles. The van der Waals surface area contributed by atoms with Gasteiger partial charge in [-0.2, -0.15) is 0 Å². The first-order valence-electron chi connectivity index (χ1n) is 0. The molecule has 0 amide bonds. The van der Waals surface area contributed by atoms with Crippen molar-refractivity contribution in [2.75, 3.05) is 0 Å². The molecule has 0 aromatic carbocycles. The maximum atomic E-state index is 0. The summed E-state index contributed by atoms with van der Waals surface area (Å²) in [7, 11) is 0. The van der Waals surface area contributed by atoms with Crippen LogP contribution in [0.5, 0.6) is 0 Å². The molecule has 0 radical (unpaired) electrons. The van der Waals surface area contributed by atoms with Gasteiger partial charge in [0.05, 0.1) is 0 Å². The monoisotopic (exact) mass is 2240 g/mol. The molecule has 0 saturated heterocycles. The van der Waals surface area contributed by atoms with Crippen LogP contribution in [0, 0.1) is 0 Å². The van der Waals surface area contributed by atoms with Crippen LogP contribution in [0.4, 0.5) is 0 Å². The Bertz CT molecular complexity index is 112. The Labute approximate surface area is 2820 Å². The normalized spacial score (nSPS) is 0. The van der Waals surface area contributed by atoms with E-state index in [4.69, 9.17) is 0 Å². The summed E-state index contributed by atoms with van der Waals surface area (Å²) in [5.41, 5.74) is 0. The van der Waals surface area contributed by atoms with E-state index in [2.05, 4.69) is 0 Å². The minimum atomic E-state index is 0. The molecule has 0 aliphatic carbocycles. The molecule has 0 aromatic heterocycles. The first kappa shape index (κ1) is 378. The Balaban J connectivity index is 0. The second-order valence-electron chi connectivity index (χ2n) is 0. The first-order valence-corrected chi connectivity index (χ1v) is 0. The molecule has 0 bridgehead atoms. The van der Waals surface area contributed by atoms with E-state index in [1.807, 2.05) is 0 Å². The maximum Gasteiger partial charge on any atom is 1.00 e. The van der Waals surface area contributed by atoms with Crippen LogP contribution >= 0.6 is 0 Å². The Kier molecular flexibility index (Phi) is 2500. The fourth-order valence-corrected chi connectivity index (χ4v) is 0. The summed E-state index contributed by atoms with van der Waals surface area (Å²) in [6.45, 7) is 0. The summed E-state index contributed by atoms with van der Waals surface area (Å²) >= 11 is 0. The fraction of sp³-hybridized carbons (Fsp3) is 0. The van der Waals surface area contributed by atoms with Gasteiger partial charge in [-0.3, -0.25) is 0 Å². The Morgan fingerprint density at radius 2 is 0.0357 bits per heavy atom. The zero-order chi connectivity index (χ0) is 0. The van der Waals surface area contributed by atoms with Crippen LogP contribution in [0.25, 0.3) is 0 Å². The van der Waals surface area contributed by atoms with E-state index in [1.54, 1.807) is 0 Å². The summed E-state index contributed by atoms with van der Waals surface area (Å²) in [6, 6.07) is 0. The zero-order valence-corrected chi connectivity index (χ0v) is 231. The average molecular weight is 2250 g/mol. The van der Waals surface area contributed by atoms with Gasteiger partial charge < -0.3 is 79.9 Å². The molecule has 0 fully saturated rings. The second kappa shape index (κ2) is 370. The minimum Gasteiger partial charge on any atom is -1.00 e. The molecule has 0 nitrogen and oxygen atoms in total. The van der Waals surface area contributed by atoms with E-state index in [1.165, 1.54) is 0 Å². The second-order valence-corrected chi connectivity index (χ2v) is 0. The van der Waals surface area contributed by atoms with E-state index in [-0.39, 0.29) is 2960 Å². The van der Waals surface area contributed by atoms with Crippen LogP contribution < -0.4 is 2880 Å². The molecule has 0 heterocycles. The van der Waals surface area contributed by atoms with Gasteiger partial charge >= 0.3 is 2880 Å². The van der Waals surface area contributed by atoms with Crippen molar-refractivity contribution in [2.24, 2.45) is 0 Å². The van der Waals surface area contributed by atoms with E-state index >= 15 is 0 Å². The van der Waals surface area contributed by atoms with E-state index in [9.17, 15) is 0 Å². The molecule has 0 aliphatic heterocycles. The van der Waals surface area contributed by atoms with Crippen molar-refractivity contribution in [3.63, 3.8) is 0 Å². The van der Waals surface area contributed by atoms with Gasteiger partial charge in [-0.15, -0.1) is 0 Å². The fourth-order valence-electron chi connectivity index (χ4n) is 0. The van der Waals surface area contributed by atoms with Gasteiger partial charge in [0.1, 0.15) is 0 Å². The number of hydrogen-bond acceptors (Lipinski definition) is 0. The molecule has 0 N–H and O–H groups in total. The number of hydrogen-bond donors (Lipinski definition) is 0. The van der Waals surface area contributed by atoms with Gasteiger partial charge in [-0.05, 0) is 0 Å². The molecule has 0 rings (SSSR count). The third kappa shape index (κ3) is 363. The maximum absolute atomic E-state index is 0. The van der Waals surface area contributed by atoms with E-state index < -0.39 is 0 Å². The van der Waals surface area contributed by atoms with Gasteiger partial charge in [0.2, 0.25) is 0 Å². The van der Waals surface area contributed by atoms with Gasteiger partial charge in [0, 0.05) is 0 Å². The summed E-state index contributed by atoms with van der Waals surface area (Å²) in [6.07, 6.45) is 0. The van der Waals surface area contributed by atoms with Crippen molar-refractivity contribution in [1.82, 2.24) is 0 Å². The Morgan fingerprint density at radius 1 is 0.0357 bits per heavy atom. The quantitative estimate of drug-likeness (QED) is 0.212. The van der Waals surface area contributed by atoms with Crippen molar-refractivity contribution in [3.05, 3.63) is 0 Å². The Hall–Kier alpha value is 91.6. The van der Waals surface area contributed by atoms with Crippen LogP contribution in [-0.2, 0) is 0 Å². The van der Waals surface area contributed by atoms with Gasteiger partial charge in [0.25, 0.3) is 0 Å². The summed E-state index contributed by atoms with van der Waals surface area (Å²) in [5.74, 6) is 0. The van der Waals surface area contributed by atoms with Gasteiger partial charge in [-0.25, -0.2) is 0 Å². The van der Waals surface area contributed by atoms with Gasteiger partial charge in [-0.1, -0.05) is 0 Å². The molecule has 0 aliphatic rings. The van der Waals surface area contributed by atoms with Gasteiger partial charge in [0.15, 0.2) is 0 Å². The van der Waals surface area contributed by atoms with Crippen molar-refractivity contribution in [2.45, 2.75) is 0 Å². The van der Waals surface area contributed by atoms with Crippen molar-refractivity contribution < 1.29 is 2960 Å². The molecular weight excluding hydrogens is 2190 g/mol. The molecule has 56 heteroatoms. The Morgan fingerprint density at radius 3 is 0.0357 bits per heavy atom. The number of rotatable bonds is 0. The summed E-state index contributed by atoms with van der Waals surface area (Å²) in [4.78, 5) is 0. The van der Waals surface area contributed by atoms with E-state index in [0.29, 0.717) is 0 Å². The molecule has 0 aromatic rings. The SMILES string of the molecule is [H-].[H-].[H-].[H-].[H-].[H-].[H-].[H-].[H-].[H-].[H-].[H-].[H-].[H-].[H-].[H-].[H-].[H-].[H-].[H-].[H-].[H-].[H-].[H-].[H-].[H-].[H-].[H-].[H-].[H-].[H-].[H-].[H-].[H-].[H-].[H-].[H-].[H-].[H-].[H-].[H-].[H-].[H-].[H-].[H-].[H-].[H-].[H-].[H-].[H-].[H-].[H-].[H-].[H-].[H-].[H-].[K+].[K+].[K+].[K+].[K+].[K+].[K+].[K+].[K+].[K+].[K+].[K+].[K+].[K+].[K+].[K+].[K+].[K+].[K+].[K+].[K+].[K+].[K+].[K+].[K+].[K+].[K+].[K+].[K+].[K+].[K+].[K+].[K+].[K+].[K+].[K+].[K+].[K+].[K+].[K+].[K+].[K+].[K+].[K+].[K+].[K+].[K+].[K+].[K+].[K+].[K+].[K+].[K+].[K+].[K+].[K+]. The average Bonchev–Trinajstić information content (AvgIpc) is 0. The van der Waals surface area contributed by atoms with Crippen LogP contribution in [0.2, 0.25) is 0 Å². The largest absolute Gasteiger partial charge is 1.00 e. The van der Waals surface area contributed by atoms with Crippen LogP contribution in [0.3, 0.4) is 0 Å². The molecule has 0 spiro atoms. The standard InChI is InChI=1S/56K.56H/q56*+1;56*-1. The molecule has 112 valence electrons. The van der Waals surface area contributed by atoms with Crippen molar-refractivity contribution >= 4 is 0 Å². The third-order valence-corrected chi connectivity index (χ3v) is 0. The van der Waals surface area contributed by atoms with Crippen molar-refractivity contribution in [1.29, 1.82) is 0 Å². The third-order valence-electron chi connectivity index (χ3n) is 0. The first-order chi connectivity index (χ1) is 0. The smallest absolute Gasteiger partial charge is 1.00 e. The zero-order valence-electron chi connectivity index (χ0n) is 112. The molecular formula is H56K56. The van der Waals surface area contributed by atoms with Crippen LogP contribution in [0.15, 0.2) is 0 Å². The topological polar surface area (TPSA) is 0 Å². The predicted molar refractivity (Wildman–Crippen MR) is 62.3 cm³/mol. The van der Waals surface area contributed by atoms with Crippen LogP contribution in [0.1, 0.15) is 79.9 Å². The van der Waals surface area contributed by atoms with Crippen molar-refractivity contribution in [3.8, 4) is 0 Å². The predicted octanol–water partition coefficient (Wildman–Crippen LogP) is -161. The molecule has 0 unspecified atom stereocenters. The van der Waals surface area contributed by atoms with Crippen LogP contribution in [-0.4, -0.2) is 0 Å². The molecule has 0 atom stereocenters.